The summed E-state index contributed by atoms with van der Waals surface area (Å²) in [5, 5.41) is 0.665. The van der Waals surface area contributed by atoms with Gasteiger partial charge in [0.15, 0.2) is 0 Å². The number of nitrogen functional groups attached to an aromatic ring is 1. The summed E-state index contributed by atoms with van der Waals surface area (Å²) in [7, 11) is 0. The van der Waals surface area contributed by atoms with Gasteiger partial charge in [-0.1, -0.05) is 29.8 Å². The van der Waals surface area contributed by atoms with Crippen molar-refractivity contribution >= 4 is 17.5 Å². The minimum absolute atomic E-state index is 0.260. The van der Waals surface area contributed by atoms with E-state index in [0.29, 0.717) is 5.02 Å². The molecule has 76 valence electrons. The van der Waals surface area contributed by atoms with E-state index in [2.05, 4.69) is 9.97 Å². The van der Waals surface area contributed by atoms with E-state index in [1.54, 1.807) is 6.20 Å². The van der Waals surface area contributed by atoms with Crippen LogP contribution >= 0.6 is 11.6 Å². The van der Waals surface area contributed by atoms with Crippen molar-refractivity contribution in [1.29, 1.82) is 0 Å². The molecule has 0 radical (unpaired) electrons. The Bertz CT molecular complexity index is 497. The molecule has 0 atom stereocenters. The van der Waals surface area contributed by atoms with Gasteiger partial charge in [0.1, 0.15) is 0 Å². The van der Waals surface area contributed by atoms with Gasteiger partial charge in [0.05, 0.1) is 5.69 Å². The Hall–Kier alpha value is -1.61. The van der Waals surface area contributed by atoms with E-state index in [9.17, 15) is 0 Å². The fourth-order valence-electron chi connectivity index (χ4n) is 1.38. The quantitative estimate of drug-likeness (QED) is 0.802. The second-order valence-electron chi connectivity index (χ2n) is 3.24. The molecule has 0 aliphatic rings. The number of benzene rings is 1. The van der Waals surface area contributed by atoms with Crippen LogP contribution in [0.1, 0.15) is 5.56 Å². The van der Waals surface area contributed by atoms with Crippen LogP contribution in [0.5, 0.6) is 0 Å². The van der Waals surface area contributed by atoms with E-state index in [4.69, 9.17) is 17.3 Å². The minimum atomic E-state index is 0.260. The van der Waals surface area contributed by atoms with Crippen LogP contribution in [0, 0.1) is 6.92 Å². The number of halogens is 1. The average Bonchev–Trinajstić information content (AvgIpc) is 2.23. The first-order valence-electron chi connectivity index (χ1n) is 4.52. The maximum Gasteiger partial charge on any atom is 0.220 e. The van der Waals surface area contributed by atoms with Crippen molar-refractivity contribution in [2.75, 3.05) is 5.73 Å². The summed E-state index contributed by atoms with van der Waals surface area (Å²) in [5.74, 6) is 0.260. The fraction of sp³-hybridized carbons (Fsp3) is 0.0909. The van der Waals surface area contributed by atoms with Crippen molar-refractivity contribution in [2.24, 2.45) is 0 Å². The van der Waals surface area contributed by atoms with E-state index >= 15 is 0 Å². The molecule has 0 saturated carbocycles. The zero-order chi connectivity index (χ0) is 10.8. The molecule has 2 N–H and O–H groups in total. The lowest BCUT2D eigenvalue weighted by Gasteiger charge is -2.06. The summed E-state index contributed by atoms with van der Waals surface area (Å²) < 4.78 is 0. The molecular weight excluding hydrogens is 210 g/mol. The molecule has 0 spiro atoms. The molecule has 2 aromatic rings. The molecule has 3 nitrogen and oxygen atoms in total. The second-order valence-corrected chi connectivity index (χ2v) is 3.65. The van der Waals surface area contributed by atoms with Crippen LogP contribution in [0.4, 0.5) is 5.95 Å². The lowest BCUT2D eigenvalue weighted by molar-refractivity contribution is 1.15. The lowest BCUT2D eigenvalue weighted by atomic mass is 10.1. The summed E-state index contributed by atoms with van der Waals surface area (Å²) in [6.07, 6.45) is 1.70. The first kappa shape index (κ1) is 9.93. The van der Waals surface area contributed by atoms with Gasteiger partial charge < -0.3 is 5.73 Å². The van der Waals surface area contributed by atoms with Gasteiger partial charge in [0.2, 0.25) is 5.95 Å². The maximum absolute atomic E-state index is 6.08. The van der Waals surface area contributed by atoms with Gasteiger partial charge in [-0.2, -0.15) is 0 Å². The standard InChI is InChI=1S/C11H10ClN3/c1-7-6-14-11(13)15-10(7)8-4-2-3-5-9(8)12/h2-6H,1H3,(H2,13,14,15). The zero-order valence-corrected chi connectivity index (χ0v) is 8.99. The van der Waals surface area contributed by atoms with Gasteiger partial charge in [-0.25, -0.2) is 9.97 Å². The van der Waals surface area contributed by atoms with Crippen LogP contribution in [0.25, 0.3) is 11.3 Å². The zero-order valence-electron chi connectivity index (χ0n) is 8.24. The Labute approximate surface area is 92.9 Å². The van der Waals surface area contributed by atoms with E-state index in [0.717, 1.165) is 16.8 Å². The number of hydrogen-bond donors (Lipinski definition) is 1. The smallest absolute Gasteiger partial charge is 0.220 e. The van der Waals surface area contributed by atoms with Crippen molar-refractivity contribution in [2.45, 2.75) is 6.92 Å². The summed E-state index contributed by atoms with van der Waals surface area (Å²) in [6.45, 7) is 1.93. The van der Waals surface area contributed by atoms with Crippen LogP contribution in [-0.4, -0.2) is 9.97 Å². The van der Waals surface area contributed by atoms with Gasteiger partial charge in [-0.05, 0) is 18.6 Å². The molecule has 15 heavy (non-hydrogen) atoms. The second kappa shape index (κ2) is 3.87. The van der Waals surface area contributed by atoms with Crippen LogP contribution in [0.3, 0.4) is 0 Å². The van der Waals surface area contributed by atoms with Crippen LogP contribution < -0.4 is 5.73 Å². The molecule has 1 heterocycles. The summed E-state index contributed by atoms with van der Waals surface area (Å²) in [4.78, 5) is 8.10. The number of aromatic nitrogens is 2. The number of rotatable bonds is 1. The summed E-state index contributed by atoms with van der Waals surface area (Å²) in [6, 6.07) is 7.54. The van der Waals surface area contributed by atoms with E-state index in [1.165, 1.54) is 0 Å². The predicted molar refractivity (Wildman–Crippen MR) is 61.6 cm³/mol. The molecule has 0 unspecified atom stereocenters. The Kier molecular flexibility index (Phi) is 2.56. The third-order valence-corrected chi connectivity index (χ3v) is 2.45. The average molecular weight is 220 g/mol. The first-order valence-corrected chi connectivity index (χ1v) is 4.90. The van der Waals surface area contributed by atoms with E-state index in [-0.39, 0.29) is 5.95 Å². The third-order valence-electron chi connectivity index (χ3n) is 2.12. The number of anilines is 1. The molecule has 0 fully saturated rings. The first-order chi connectivity index (χ1) is 7.18. The Morgan fingerprint density at radius 1 is 1.27 bits per heavy atom. The summed E-state index contributed by atoms with van der Waals surface area (Å²) >= 11 is 6.08. The van der Waals surface area contributed by atoms with Gasteiger partial charge in [0, 0.05) is 16.8 Å². The van der Waals surface area contributed by atoms with Crippen LogP contribution in [0.2, 0.25) is 5.02 Å². The lowest BCUT2D eigenvalue weighted by Crippen LogP contribution is -1.98. The highest BCUT2D eigenvalue weighted by molar-refractivity contribution is 6.33. The minimum Gasteiger partial charge on any atom is -0.368 e. The molecule has 0 bridgehead atoms. The molecule has 0 aliphatic heterocycles. The monoisotopic (exact) mass is 219 g/mol. The Balaban J connectivity index is 2.64. The van der Waals surface area contributed by atoms with Crippen molar-refractivity contribution in [3.8, 4) is 11.3 Å². The molecule has 2 rings (SSSR count). The molecular formula is C11H10ClN3. The summed E-state index contributed by atoms with van der Waals surface area (Å²) in [5.41, 5.74) is 8.17. The van der Waals surface area contributed by atoms with Gasteiger partial charge in [0.25, 0.3) is 0 Å². The number of aryl methyl sites for hydroxylation is 1. The highest BCUT2D eigenvalue weighted by Crippen LogP contribution is 2.28. The fourth-order valence-corrected chi connectivity index (χ4v) is 1.61. The maximum atomic E-state index is 6.08. The van der Waals surface area contributed by atoms with Crippen LogP contribution in [-0.2, 0) is 0 Å². The molecule has 0 amide bonds. The van der Waals surface area contributed by atoms with E-state index < -0.39 is 0 Å². The predicted octanol–water partition coefficient (Wildman–Crippen LogP) is 2.69. The molecule has 0 aliphatic carbocycles. The Morgan fingerprint density at radius 2 is 2.00 bits per heavy atom. The van der Waals surface area contributed by atoms with Crippen LogP contribution in [0.15, 0.2) is 30.5 Å². The molecule has 1 aromatic heterocycles. The highest BCUT2D eigenvalue weighted by atomic mass is 35.5. The van der Waals surface area contributed by atoms with E-state index in [1.807, 2.05) is 31.2 Å². The van der Waals surface area contributed by atoms with Gasteiger partial charge in [-0.3, -0.25) is 0 Å². The number of nitrogens with two attached hydrogens (primary N) is 1. The molecule has 0 saturated heterocycles. The van der Waals surface area contributed by atoms with Crippen molar-refractivity contribution in [3.63, 3.8) is 0 Å². The largest absolute Gasteiger partial charge is 0.368 e. The normalized spacial score (nSPS) is 10.3. The van der Waals surface area contributed by atoms with Gasteiger partial charge >= 0.3 is 0 Å². The third kappa shape index (κ3) is 1.92. The molecule has 1 aromatic carbocycles. The SMILES string of the molecule is Cc1cnc(N)nc1-c1ccccc1Cl. The number of nitrogens with zero attached hydrogens (tertiary/aromatic N) is 2. The van der Waals surface area contributed by atoms with Crippen molar-refractivity contribution < 1.29 is 0 Å². The van der Waals surface area contributed by atoms with Crippen molar-refractivity contribution in [3.05, 3.63) is 41.0 Å². The molecule has 4 heteroatoms. The van der Waals surface area contributed by atoms with Gasteiger partial charge in [-0.15, -0.1) is 0 Å². The van der Waals surface area contributed by atoms with Crippen molar-refractivity contribution in [1.82, 2.24) is 9.97 Å². The topological polar surface area (TPSA) is 51.8 Å². The Morgan fingerprint density at radius 3 is 2.73 bits per heavy atom. The number of hydrogen-bond acceptors (Lipinski definition) is 3. The highest BCUT2D eigenvalue weighted by Gasteiger charge is 2.07.